The quantitative estimate of drug-likeness (QED) is 0.480. The molecule has 3 heteroatoms. The van der Waals surface area contributed by atoms with Gasteiger partial charge in [0.15, 0.2) is 0 Å². The van der Waals surface area contributed by atoms with Gasteiger partial charge in [0.05, 0.1) is 0 Å². The molecule has 0 aromatic heterocycles. The van der Waals surface area contributed by atoms with Crippen LogP contribution in [0.1, 0.15) is 19.3 Å². The van der Waals surface area contributed by atoms with Gasteiger partial charge in [-0.25, -0.2) is 0 Å². The average Bonchev–Trinajstić information content (AvgIpc) is 2.21. The maximum Gasteiger partial charge on any atom is 0.115 e. The van der Waals surface area contributed by atoms with E-state index in [0.29, 0.717) is 0 Å². The molecule has 0 radical (unpaired) electrons. The van der Waals surface area contributed by atoms with Crippen LogP contribution in [0.25, 0.3) is 0 Å². The Hall–Kier alpha value is -1.22. The van der Waals surface area contributed by atoms with Crippen LogP contribution in [-0.2, 0) is 0 Å². The predicted octanol–water partition coefficient (Wildman–Crippen LogP) is 1.97. The van der Waals surface area contributed by atoms with E-state index in [1.165, 1.54) is 0 Å². The first-order chi connectivity index (χ1) is 6.83. The van der Waals surface area contributed by atoms with Crippen LogP contribution in [0.15, 0.2) is 24.3 Å². The zero-order valence-corrected chi connectivity index (χ0v) is 8.24. The summed E-state index contributed by atoms with van der Waals surface area (Å²) in [6, 6.07) is 7.02. The number of unbranched alkanes of at least 4 members (excludes halogenated alkanes) is 2. The van der Waals surface area contributed by atoms with Crippen molar-refractivity contribution in [3.8, 4) is 5.75 Å². The predicted molar refractivity (Wildman–Crippen MR) is 57.5 cm³/mol. The normalized spacial score (nSPS) is 10.1. The third-order valence-corrected chi connectivity index (χ3v) is 2.03. The highest BCUT2D eigenvalue weighted by atomic mass is 16.3. The Kier molecular flexibility index (Phi) is 4.86. The first-order valence-corrected chi connectivity index (χ1v) is 4.96. The molecule has 3 N–H and O–H groups in total. The smallest absolute Gasteiger partial charge is 0.115 e. The molecule has 0 unspecified atom stereocenters. The molecule has 14 heavy (non-hydrogen) atoms. The van der Waals surface area contributed by atoms with Crippen molar-refractivity contribution in [2.45, 2.75) is 19.3 Å². The van der Waals surface area contributed by atoms with Gasteiger partial charge in [-0.05, 0) is 43.5 Å². The molecule has 0 aliphatic rings. The third-order valence-electron chi connectivity index (χ3n) is 2.03. The second kappa shape index (κ2) is 6.27. The Morgan fingerprint density at radius 2 is 1.71 bits per heavy atom. The monoisotopic (exact) mass is 195 g/mol. The number of phenols is 1. The Balaban J connectivity index is 2.15. The summed E-state index contributed by atoms with van der Waals surface area (Å²) in [5, 5.41) is 20.8. The van der Waals surface area contributed by atoms with Crippen LogP contribution in [0.4, 0.5) is 5.69 Å². The summed E-state index contributed by atoms with van der Waals surface area (Å²) in [6.07, 6.45) is 2.97. The van der Waals surface area contributed by atoms with E-state index in [-0.39, 0.29) is 12.4 Å². The number of rotatable bonds is 6. The number of aromatic hydroxyl groups is 1. The lowest BCUT2D eigenvalue weighted by Gasteiger charge is -2.05. The van der Waals surface area contributed by atoms with E-state index in [0.717, 1.165) is 31.5 Å². The number of nitrogens with one attached hydrogen (secondary N) is 1. The van der Waals surface area contributed by atoms with E-state index < -0.39 is 0 Å². The summed E-state index contributed by atoms with van der Waals surface area (Å²) in [4.78, 5) is 0. The van der Waals surface area contributed by atoms with E-state index >= 15 is 0 Å². The maximum atomic E-state index is 9.04. The molecule has 0 amide bonds. The van der Waals surface area contributed by atoms with Crippen LogP contribution in [0, 0.1) is 0 Å². The minimum Gasteiger partial charge on any atom is -0.508 e. The number of aliphatic hydroxyl groups is 1. The molecular formula is C11H17NO2. The molecule has 0 aliphatic heterocycles. The van der Waals surface area contributed by atoms with Gasteiger partial charge in [0.25, 0.3) is 0 Å². The first kappa shape index (κ1) is 10.9. The van der Waals surface area contributed by atoms with Gasteiger partial charge in [-0.1, -0.05) is 0 Å². The summed E-state index contributed by atoms with van der Waals surface area (Å²) in [5.74, 6) is 0.288. The van der Waals surface area contributed by atoms with Crippen molar-refractivity contribution in [1.29, 1.82) is 0 Å². The average molecular weight is 195 g/mol. The van der Waals surface area contributed by atoms with Crippen LogP contribution in [0.2, 0.25) is 0 Å². The third kappa shape index (κ3) is 4.14. The topological polar surface area (TPSA) is 52.5 Å². The fourth-order valence-electron chi connectivity index (χ4n) is 1.23. The summed E-state index contributed by atoms with van der Waals surface area (Å²) >= 11 is 0. The van der Waals surface area contributed by atoms with Crippen LogP contribution < -0.4 is 5.32 Å². The van der Waals surface area contributed by atoms with Crippen molar-refractivity contribution in [2.24, 2.45) is 0 Å². The van der Waals surface area contributed by atoms with Gasteiger partial charge in [0, 0.05) is 18.8 Å². The van der Waals surface area contributed by atoms with Crippen molar-refractivity contribution in [3.63, 3.8) is 0 Å². The second-order valence-electron chi connectivity index (χ2n) is 3.26. The zero-order chi connectivity index (χ0) is 10.2. The highest BCUT2D eigenvalue weighted by Crippen LogP contribution is 2.13. The lowest BCUT2D eigenvalue weighted by Crippen LogP contribution is -2.01. The van der Waals surface area contributed by atoms with Crippen molar-refractivity contribution < 1.29 is 10.2 Å². The van der Waals surface area contributed by atoms with Gasteiger partial charge in [0.2, 0.25) is 0 Å². The summed E-state index contributed by atoms with van der Waals surface area (Å²) in [5.41, 5.74) is 1.02. The van der Waals surface area contributed by atoms with Gasteiger partial charge in [-0.3, -0.25) is 0 Å². The largest absolute Gasteiger partial charge is 0.508 e. The van der Waals surface area contributed by atoms with E-state index in [1.807, 2.05) is 12.1 Å². The molecule has 3 nitrogen and oxygen atoms in total. The SMILES string of the molecule is OCCCCCNc1ccc(O)cc1. The number of aliphatic hydroxyl groups excluding tert-OH is 1. The number of benzene rings is 1. The molecule has 0 atom stereocenters. The van der Waals surface area contributed by atoms with E-state index in [1.54, 1.807) is 12.1 Å². The second-order valence-corrected chi connectivity index (χ2v) is 3.26. The van der Waals surface area contributed by atoms with Gasteiger partial charge < -0.3 is 15.5 Å². The standard InChI is InChI=1S/C11H17NO2/c13-9-3-1-2-8-12-10-4-6-11(14)7-5-10/h4-7,12-14H,1-3,8-9H2. The number of phenolic OH excluding ortho intramolecular Hbond substituents is 1. The summed E-state index contributed by atoms with van der Waals surface area (Å²) in [7, 11) is 0. The molecule has 0 spiro atoms. The van der Waals surface area contributed by atoms with Gasteiger partial charge in [-0.15, -0.1) is 0 Å². The fraction of sp³-hybridized carbons (Fsp3) is 0.455. The molecule has 0 fully saturated rings. The van der Waals surface area contributed by atoms with Crippen LogP contribution >= 0.6 is 0 Å². The summed E-state index contributed by atoms with van der Waals surface area (Å²) in [6.45, 7) is 1.18. The Bertz CT molecular complexity index is 246. The highest BCUT2D eigenvalue weighted by Gasteiger charge is 1.92. The molecule has 1 aromatic carbocycles. The minimum absolute atomic E-state index is 0.277. The van der Waals surface area contributed by atoms with Crippen LogP contribution in [0.5, 0.6) is 5.75 Å². The lowest BCUT2D eigenvalue weighted by atomic mass is 10.2. The van der Waals surface area contributed by atoms with E-state index in [4.69, 9.17) is 10.2 Å². The minimum atomic E-state index is 0.277. The van der Waals surface area contributed by atoms with Crippen LogP contribution in [-0.4, -0.2) is 23.4 Å². The van der Waals surface area contributed by atoms with E-state index in [9.17, 15) is 0 Å². The zero-order valence-electron chi connectivity index (χ0n) is 8.24. The number of anilines is 1. The van der Waals surface area contributed by atoms with Crippen molar-refractivity contribution in [1.82, 2.24) is 0 Å². The van der Waals surface area contributed by atoms with Gasteiger partial charge in [-0.2, -0.15) is 0 Å². The molecule has 1 rings (SSSR count). The first-order valence-electron chi connectivity index (χ1n) is 4.96. The molecule has 0 aliphatic carbocycles. The molecule has 0 saturated heterocycles. The maximum absolute atomic E-state index is 9.04. The van der Waals surface area contributed by atoms with Crippen LogP contribution in [0.3, 0.4) is 0 Å². The Labute approximate surface area is 84.4 Å². The van der Waals surface area contributed by atoms with Crippen molar-refractivity contribution >= 4 is 5.69 Å². The number of hydrogen-bond acceptors (Lipinski definition) is 3. The fourth-order valence-corrected chi connectivity index (χ4v) is 1.23. The Morgan fingerprint density at radius 3 is 2.36 bits per heavy atom. The Morgan fingerprint density at radius 1 is 1.00 bits per heavy atom. The highest BCUT2D eigenvalue weighted by molar-refractivity contribution is 5.45. The van der Waals surface area contributed by atoms with E-state index in [2.05, 4.69) is 5.32 Å². The molecule has 78 valence electrons. The molecule has 0 bridgehead atoms. The molecule has 1 aromatic rings. The van der Waals surface area contributed by atoms with Gasteiger partial charge in [0.1, 0.15) is 5.75 Å². The lowest BCUT2D eigenvalue weighted by molar-refractivity contribution is 0.283. The van der Waals surface area contributed by atoms with Gasteiger partial charge >= 0.3 is 0 Å². The molecular weight excluding hydrogens is 178 g/mol. The van der Waals surface area contributed by atoms with Crippen molar-refractivity contribution in [3.05, 3.63) is 24.3 Å². The molecule has 0 heterocycles. The molecule has 0 saturated carbocycles. The summed E-state index contributed by atoms with van der Waals surface area (Å²) < 4.78 is 0. The number of hydrogen-bond donors (Lipinski definition) is 3. The van der Waals surface area contributed by atoms with Crippen molar-refractivity contribution in [2.75, 3.05) is 18.5 Å².